The number of amides is 1. The van der Waals surface area contributed by atoms with Crippen LogP contribution in [-0.4, -0.2) is 35.6 Å². The summed E-state index contributed by atoms with van der Waals surface area (Å²) in [5, 5.41) is 22.6. The number of rotatable bonds is 6. The van der Waals surface area contributed by atoms with E-state index in [1.165, 1.54) is 20.1 Å². The number of ether oxygens (including phenoxy) is 1. The van der Waals surface area contributed by atoms with Crippen LogP contribution in [0.4, 0.5) is 5.69 Å². The number of methoxy groups -OCH3 is 1. The number of carbonyl (C=O) groups is 2. The van der Waals surface area contributed by atoms with E-state index in [4.69, 9.17) is 9.84 Å². The van der Waals surface area contributed by atoms with Gasteiger partial charge in [-0.3, -0.25) is 19.7 Å². The van der Waals surface area contributed by atoms with Gasteiger partial charge < -0.3 is 15.2 Å². The van der Waals surface area contributed by atoms with Crippen molar-refractivity contribution < 1.29 is 24.4 Å². The van der Waals surface area contributed by atoms with E-state index in [-0.39, 0.29) is 23.5 Å². The predicted octanol–water partition coefficient (Wildman–Crippen LogP) is 1.51. The zero-order valence-corrected chi connectivity index (χ0v) is 12.2. The molecule has 1 aliphatic rings. The molecule has 1 amide bonds. The summed E-state index contributed by atoms with van der Waals surface area (Å²) in [4.78, 5) is 33.6. The largest absolute Gasteiger partial charge is 0.496 e. The zero-order chi connectivity index (χ0) is 16.5. The lowest BCUT2D eigenvalue weighted by molar-refractivity contribution is -0.385. The van der Waals surface area contributed by atoms with Gasteiger partial charge in [-0.15, -0.1) is 0 Å². The minimum absolute atomic E-state index is 0.00512. The van der Waals surface area contributed by atoms with Gasteiger partial charge in [0.1, 0.15) is 5.75 Å². The highest BCUT2D eigenvalue weighted by Gasteiger charge is 2.50. The van der Waals surface area contributed by atoms with E-state index in [0.717, 1.165) is 6.07 Å². The van der Waals surface area contributed by atoms with Crippen LogP contribution in [0.2, 0.25) is 0 Å². The number of carboxylic acids is 1. The van der Waals surface area contributed by atoms with Crippen molar-refractivity contribution in [3.63, 3.8) is 0 Å². The van der Waals surface area contributed by atoms with Gasteiger partial charge in [0.05, 0.1) is 23.0 Å². The second kappa shape index (κ2) is 5.63. The first-order valence-electron chi connectivity index (χ1n) is 6.65. The van der Waals surface area contributed by atoms with Gasteiger partial charge in [0, 0.05) is 18.2 Å². The normalized spacial score (nSPS) is 15.0. The van der Waals surface area contributed by atoms with Gasteiger partial charge in [0.15, 0.2) is 0 Å². The number of nitrogens with one attached hydrogen (secondary N) is 1. The van der Waals surface area contributed by atoms with Gasteiger partial charge in [-0.25, -0.2) is 0 Å². The van der Waals surface area contributed by atoms with E-state index in [2.05, 4.69) is 5.32 Å². The molecule has 0 atom stereocenters. The summed E-state index contributed by atoms with van der Waals surface area (Å²) < 4.78 is 5.04. The van der Waals surface area contributed by atoms with Crippen LogP contribution in [0.25, 0.3) is 0 Å². The van der Waals surface area contributed by atoms with Crippen LogP contribution in [0.5, 0.6) is 5.75 Å². The van der Waals surface area contributed by atoms with Crippen LogP contribution in [0, 0.1) is 22.5 Å². The van der Waals surface area contributed by atoms with Crippen LogP contribution in [0.1, 0.15) is 28.8 Å². The molecular formula is C14H16N2O6. The highest BCUT2D eigenvalue weighted by Crippen LogP contribution is 2.45. The van der Waals surface area contributed by atoms with E-state index in [1.54, 1.807) is 0 Å². The molecule has 0 saturated heterocycles. The highest BCUT2D eigenvalue weighted by molar-refractivity contribution is 5.96. The molecule has 0 unspecified atom stereocenters. The van der Waals surface area contributed by atoms with Crippen molar-refractivity contribution in [1.29, 1.82) is 0 Å². The first kappa shape index (κ1) is 15.7. The Morgan fingerprint density at radius 2 is 2.09 bits per heavy atom. The molecule has 0 radical (unpaired) electrons. The number of nitro groups is 1. The average Bonchev–Trinajstić information content (AvgIpc) is 3.26. The number of benzene rings is 1. The van der Waals surface area contributed by atoms with Crippen molar-refractivity contribution in [2.75, 3.05) is 13.7 Å². The van der Waals surface area contributed by atoms with Gasteiger partial charge in [-0.05, 0) is 25.8 Å². The molecule has 2 rings (SSSR count). The summed E-state index contributed by atoms with van der Waals surface area (Å²) in [7, 11) is 1.36. The van der Waals surface area contributed by atoms with Crippen LogP contribution < -0.4 is 10.1 Å². The van der Waals surface area contributed by atoms with Gasteiger partial charge in [-0.1, -0.05) is 0 Å². The minimum atomic E-state index is -0.944. The third-order valence-corrected chi connectivity index (χ3v) is 3.91. The lowest BCUT2D eigenvalue weighted by Gasteiger charge is -2.12. The quantitative estimate of drug-likeness (QED) is 0.607. The Morgan fingerprint density at radius 3 is 2.55 bits per heavy atom. The zero-order valence-electron chi connectivity index (χ0n) is 12.2. The summed E-state index contributed by atoms with van der Waals surface area (Å²) in [5.74, 6) is -1.27. The number of carboxylic acid groups (broad SMARTS) is 1. The fourth-order valence-electron chi connectivity index (χ4n) is 2.17. The Hall–Kier alpha value is -2.64. The lowest BCUT2D eigenvalue weighted by Crippen LogP contribution is -2.34. The average molecular weight is 308 g/mol. The summed E-state index contributed by atoms with van der Waals surface area (Å²) in [6, 6.07) is 2.56. The molecule has 0 spiro atoms. The number of nitrogens with zero attached hydrogens (tertiary/aromatic N) is 1. The van der Waals surface area contributed by atoms with E-state index < -0.39 is 22.2 Å². The number of aliphatic carboxylic acids is 1. The topological polar surface area (TPSA) is 119 Å². The standard InChI is InChI=1S/C14H16N2O6/c1-8-10(16(20)21)5-9(6-11(8)22-2)12(17)15-7-14(3-4-14)13(18)19/h5-6H,3-4,7H2,1-2H3,(H,15,17)(H,18,19). The van der Waals surface area contributed by atoms with E-state index in [1.807, 2.05) is 0 Å². The minimum Gasteiger partial charge on any atom is -0.496 e. The first-order valence-corrected chi connectivity index (χ1v) is 6.65. The molecule has 0 aliphatic heterocycles. The van der Waals surface area contributed by atoms with Gasteiger partial charge in [0.2, 0.25) is 0 Å². The first-order chi connectivity index (χ1) is 10.3. The fourth-order valence-corrected chi connectivity index (χ4v) is 2.17. The number of hydrogen-bond donors (Lipinski definition) is 2. The third kappa shape index (κ3) is 2.85. The van der Waals surface area contributed by atoms with Crippen molar-refractivity contribution >= 4 is 17.6 Å². The van der Waals surface area contributed by atoms with Crippen LogP contribution in [-0.2, 0) is 4.79 Å². The van der Waals surface area contributed by atoms with E-state index >= 15 is 0 Å². The molecule has 1 fully saturated rings. The maximum absolute atomic E-state index is 12.1. The maximum Gasteiger partial charge on any atom is 0.311 e. The van der Waals surface area contributed by atoms with Crippen molar-refractivity contribution in [3.8, 4) is 5.75 Å². The summed E-state index contributed by atoms with van der Waals surface area (Å²) in [6.45, 7) is 1.54. The summed E-state index contributed by atoms with van der Waals surface area (Å²) in [5.41, 5.74) is -0.719. The molecule has 1 aliphatic carbocycles. The Morgan fingerprint density at radius 1 is 1.45 bits per heavy atom. The van der Waals surface area contributed by atoms with Crippen LogP contribution >= 0.6 is 0 Å². The molecule has 2 N–H and O–H groups in total. The van der Waals surface area contributed by atoms with Gasteiger partial charge >= 0.3 is 5.97 Å². The second-order valence-electron chi connectivity index (χ2n) is 5.35. The molecule has 118 valence electrons. The van der Waals surface area contributed by atoms with E-state index in [9.17, 15) is 19.7 Å². The monoisotopic (exact) mass is 308 g/mol. The smallest absolute Gasteiger partial charge is 0.311 e. The Bertz CT molecular complexity index is 651. The fraction of sp³-hybridized carbons (Fsp3) is 0.429. The molecule has 1 saturated carbocycles. The van der Waals surface area contributed by atoms with Crippen LogP contribution in [0.3, 0.4) is 0 Å². The SMILES string of the molecule is COc1cc(C(=O)NCC2(C(=O)O)CC2)cc([N+](=O)[O-])c1C. The molecule has 8 heteroatoms. The summed E-state index contributed by atoms with van der Waals surface area (Å²) in [6.07, 6.45) is 1.03. The Labute approximate surface area is 126 Å². The van der Waals surface area contributed by atoms with Gasteiger partial charge in [0.25, 0.3) is 11.6 Å². The van der Waals surface area contributed by atoms with Crippen molar-refractivity contribution in [1.82, 2.24) is 5.32 Å². The molecule has 1 aromatic rings. The number of hydrogen-bond acceptors (Lipinski definition) is 5. The molecule has 0 aromatic heterocycles. The molecule has 0 heterocycles. The van der Waals surface area contributed by atoms with Crippen molar-refractivity contribution in [3.05, 3.63) is 33.4 Å². The van der Waals surface area contributed by atoms with Gasteiger partial charge in [-0.2, -0.15) is 0 Å². The second-order valence-corrected chi connectivity index (χ2v) is 5.35. The number of nitro benzene ring substituents is 1. The highest BCUT2D eigenvalue weighted by atomic mass is 16.6. The van der Waals surface area contributed by atoms with E-state index in [0.29, 0.717) is 18.4 Å². The molecule has 1 aromatic carbocycles. The summed E-state index contributed by atoms with van der Waals surface area (Å²) >= 11 is 0. The maximum atomic E-state index is 12.1. The van der Waals surface area contributed by atoms with Crippen molar-refractivity contribution in [2.45, 2.75) is 19.8 Å². The third-order valence-electron chi connectivity index (χ3n) is 3.91. The predicted molar refractivity (Wildman–Crippen MR) is 76.0 cm³/mol. The molecule has 0 bridgehead atoms. The Balaban J connectivity index is 2.21. The molecular weight excluding hydrogens is 292 g/mol. The lowest BCUT2D eigenvalue weighted by atomic mass is 10.1. The van der Waals surface area contributed by atoms with Crippen LogP contribution in [0.15, 0.2) is 12.1 Å². The van der Waals surface area contributed by atoms with Crippen molar-refractivity contribution in [2.24, 2.45) is 5.41 Å². The molecule has 8 nitrogen and oxygen atoms in total. The number of carbonyl (C=O) groups excluding carboxylic acids is 1. The molecule has 22 heavy (non-hydrogen) atoms. The Kier molecular flexibility index (Phi) is 4.03.